The van der Waals surface area contributed by atoms with E-state index in [4.69, 9.17) is 16.0 Å². The Morgan fingerprint density at radius 1 is 1.16 bits per heavy atom. The molecule has 2 aromatic heterocycles. The molecule has 0 aliphatic heterocycles. The van der Waals surface area contributed by atoms with Gasteiger partial charge < -0.3 is 9.73 Å². The molecule has 2 aromatic carbocycles. The van der Waals surface area contributed by atoms with Gasteiger partial charge in [-0.2, -0.15) is 0 Å². The van der Waals surface area contributed by atoms with Gasteiger partial charge in [-0.3, -0.25) is 0 Å². The molecule has 0 spiro atoms. The fourth-order valence-electron chi connectivity index (χ4n) is 2.55. The predicted molar refractivity (Wildman–Crippen MR) is 103 cm³/mol. The number of aromatic nitrogens is 1. The van der Waals surface area contributed by atoms with Crippen LogP contribution in [-0.4, -0.2) is 4.98 Å². The second kappa shape index (κ2) is 6.35. The lowest BCUT2D eigenvalue weighted by atomic mass is 10.1. The molecule has 124 valence electrons. The highest BCUT2D eigenvalue weighted by Crippen LogP contribution is 2.30. The van der Waals surface area contributed by atoms with Crippen LogP contribution in [0.1, 0.15) is 5.56 Å². The van der Waals surface area contributed by atoms with Gasteiger partial charge in [-0.05, 0) is 36.8 Å². The summed E-state index contributed by atoms with van der Waals surface area (Å²) >= 11 is 7.57. The third kappa shape index (κ3) is 3.04. The molecule has 0 saturated carbocycles. The first-order valence-corrected chi connectivity index (χ1v) is 8.88. The first kappa shape index (κ1) is 15.9. The first-order chi connectivity index (χ1) is 12.1. The Bertz CT molecular complexity index is 1130. The summed E-state index contributed by atoms with van der Waals surface area (Å²) in [7, 11) is 0. The molecule has 4 aromatic rings. The van der Waals surface area contributed by atoms with Gasteiger partial charge in [0.2, 0.25) is 0 Å². The Kier molecular flexibility index (Phi) is 4.03. The van der Waals surface area contributed by atoms with Gasteiger partial charge in [-0.1, -0.05) is 35.9 Å². The molecule has 4 rings (SSSR count). The van der Waals surface area contributed by atoms with E-state index in [0.717, 1.165) is 16.6 Å². The molecular formula is C19H13ClN2O2S. The Hall–Kier alpha value is -2.63. The topological polar surface area (TPSA) is 55.1 Å². The summed E-state index contributed by atoms with van der Waals surface area (Å²) in [6.45, 7) is 1.94. The highest BCUT2D eigenvalue weighted by Gasteiger charge is 2.12. The molecule has 6 heteroatoms. The maximum atomic E-state index is 12.3. The van der Waals surface area contributed by atoms with Crippen molar-refractivity contribution >= 4 is 44.7 Å². The van der Waals surface area contributed by atoms with E-state index in [0.29, 0.717) is 27.0 Å². The smallest absolute Gasteiger partial charge is 0.345 e. The second-order valence-corrected chi connectivity index (χ2v) is 6.83. The average Bonchev–Trinajstić information content (AvgIpc) is 3.06. The number of hydrogen-bond acceptors (Lipinski definition) is 5. The van der Waals surface area contributed by atoms with Gasteiger partial charge >= 0.3 is 5.63 Å². The lowest BCUT2D eigenvalue weighted by Crippen LogP contribution is -2.03. The lowest BCUT2D eigenvalue weighted by Gasteiger charge is -2.07. The molecule has 0 radical (unpaired) electrons. The summed E-state index contributed by atoms with van der Waals surface area (Å²) in [6.07, 6.45) is 0. The van der Waals surface area contributed by atoms with Crippen molar-refractivity contribution in [3.8, 4) is 11.3 Å². The molecule has 2 heterocycles. The van der Waals surface area contributed by atoms with E-state index >= 15 is 0 Å². The van der Waals surface area contributed by atoms with Crippen molar-refractivity contribution in [3.05, 3.63) is 74.9 Å². The number of fused-ring (bicyclic) bond motifs is 1. The SMILES string of the molecule is Cc1c(Cl)cccc1Nc1nc(-c2cc3ccccc3oc2=O)cs1. The van der Waals surface area contributed by atoms with Crippen LogP contribution in [0.15, 0.2) is 63.1 Å². The number of para-hydroxylation sites is 1. The van der Waals surface area contributed by atoms with Crippen molar-refractivity contribution < 1.29 is 4.42 Å². The molecular weight excluding hydrogens is 356 g/mol. The molecule has 0 amide bonds. The maximum absolute atomic E-state index is 12.3. The van der Waals surface area contributed by atoms with E-state index in [-0.39, 0.29) is 0 Å². The largest absolute Gasteiger partial charge is 0.422 e. The van der Waals surface area contributed by atoms with Gasteiger partial charge in [0.15, 0.2) is 5.13 Å². The van der Waals surface area contributed by atoms with Crippen LogP contribution < -0.4 is 10.9 Å². The van der Waals surface area contributed by atoms with Crippen LogP contribution in [0.5, 0.6) is 0 Å². The van der Waals surface area contributed by atoms with Crippen LogP contribution >= 0.6 is 22.9 Å². The number of benzene rings is 2. The second-order valence-electron chi connectivity index (χ2n) is 5.56. The monoisotopic (exact) mass is 368 g/mol. The minimum Gasteiger partial charge on any atom is -0.422 e. The normalized spacial score (nSPS) is 11.0. The summed E-state index contributed by atoms with van der Waals surface area (Å²) in [4.78, 5) is 16.8. The van der Waals surface area contributed by atoms with Crippen LogP contribution in [0.25, 0.3) is 22.2 Å². The van der Waals surface area contributed by atoms with E-state index in [1.54, 1.807) is 6.07 Å². The van der Waals surface area contributed by atoms with Crippen molar-refractivity contribution in [2.75, 3.05) is 5.32 Å². The van der Waals surface area contributed by atoms with Crippen molar-refractivity contribution in [2.24, 2.45) is 0 Å². The molecule has 0 bridgehead atoms. The van der Waals surface area contributed by atoms with Crippen molar-refractivity contribution in [1.82, 2.24) is 4.98 Å². The third-order valence-corrected chi connectivity index (χ3v) is 5.10. The molecule has 1 N–H and O–H groups in total. The predicted octanol–water partition coefficient (Wildman–Crippen LogP) is 5.62. The Labute approximate surface area is 152 Å². The highest BCUT2D eigenvalue weighted by atomic mass is 35.5. The van der Waals surface area contributed by atoms with Crippen LogP contribution in [-0.2, 0) is 0 Å². The van der Waals surface area contributed by atoms with Gasteiger partial charge in [0.1, 0.15) is 5.58 Å². The Morgan fingerprint density at radius 2 is 2.00 bits per heavy atom. The molecule has 0 unspecified atom stereocenters. The summed E-state index contributed by atoms with van der Waals surface area (Å²) in [5, 5.41) is 7.33. The van der Waals surface area contributed by atoms with Crippen LogP contribution in [0, 0.1) is 6.92 Å². The standard InChI is InChI=1S/C19H13ClN2O2S/c1-11-14(20)6-4-7-15(11)21-19-22-16(10-25-19)13-9-12-5-2-3-8-17(12)24-18(13)23/h2-10H,1H3,(H,21,22). The van der Waals surface area contributed by atoms with Crippen molar-refractivity contribution in [3.63, 3.8) is 0 Å². The zero-order chi connectivity index (χ0) is 17.4. The van der Waals surface area contributed by atoms with Gasteiger partial charge in [0.25, 0.3) is 0 Å². The number of halogens is 1. The number of thiazole rings is 1. The van der Waals surface area contributed by atoms with E-state index in [9.17, 15) is 4.79 Å². The molecule has 0 atom stereocenters. The average molecular weight is 369 g/mol. The molecule has 0 fully saturated rings. The maximum Gasteiger partial charge on any atom is 0.345 e. The Morgan fingerprint density at radius 3 is 2.88 bits per heavy atom. The number of nitrogens with one attached hydrogen (secondary N) is 1. The van der Waals surface area contributed by atoms with Crippen LogP contribution in [0.4, 0.5) is 10.8 Å². The van der Waals surface area contributed by atoms with E-state index in [2.05, 4.69) is 10.3 Å². The van der Waals surface area contributed by atoms with Gasteiger partial charge in [-0.25, -0.2) is 9.78 Å². The van der Waals surface area contributed by atoms with Crippen LogP contribution in [0.3, 0.4) is 0 Å². The lowest BCUT2D eigenvalue weighted by molar-refractivity contribution is 0.563. The zero-order valence-electron chi connectivity index (χ0n) is 13.2. The zero-order valence-corrected chi connectivity index (χ0v) is 14.8. The number of hydrogen-bond donors (Lipinski definition) is 1. The summed E-state index contributed by atoms with van der Waals surface area (Å²) in [6, 6.07) is 14.9. The van der Waals surface area contributed by atoms with E-state index in [1.165, 1.54) is 11.3 Å². The number of anilines is 2. The summed E-state index contributed by atoms with van der Waals surface area (Å²) < 4.78 is 5.38. The first-order valence-electron chi connectivity index (χ1n) is 7.63. The molecule has 0 saturated heterocycles. The highest BCUT2D eigenvalue weighted by molar-refractivity contribution is 7.14. The van der Waals surface area contributed by atoms with E-state index < -0.39 is 5.63 Å². The number of rotatable bonds is 3. The summed E-state index contributed by atoms with van der Waals surface area (Å²) in [5.74, 6) is 0. The minimum atomic E-state index is -0.394. The molecule has 25 heavy (non-hydrogen) atoms. The van der Waals surface area contributed by atoms with E-state index in [1.807, 2.05) is 54.8 Å². The van der Waals surface area contributed by atoms with Gasteiger partial charge in [0, 0.05) is 21.5 Å². The van der Waals surface area contributed by atoms with Crippen molar-refractivity contribution in [1.29, 1.82) is 0 Å². The third-order valence-electron chi connectivity index (χ3n) is 3.93. The fraction of sp³-hybridized carbons (Fsp3) is 0.0526. The number of nitrogens with zero attached hydrogens (tertiary/aromatic N) is 1. The van der Waals surface area contributed by atoms with Gasteiger partial charge in [-0.15, -0.1) is 11.3 Å². The molecule has 0 aliphatic carbocycles. The molecule has 4 nitrogen and oxygen atoms in total. The quantitative estimate of drug-likeness (QED) is 0.477. The minimum absolute atomic E-state index is 0.394. The van der Waals surface area contributed by atoms with Crippen LogP contribution in [0.2, 0.25) is 5.02 Å². The summed E-state index contributed by atoms with van der Waals surface area (Å²) in [5.41, 5.74) is 3.05. The van der Waals surface area contributed by atoms with Crippen molar-refractivity contribution in [2.45, 2.75) is 6.92 Å². The van der Waals surface area contributed by atoms with Gasteiger partial charge in [0.05, 0.1) is 11.3 Å². The Balaban J connectivity index is 1.71. The fourth-order valence-corrected chi connectivity index (χ4v) is 3.45. The molecule has 0 aliphatic rings.